The maximum absolute atomic E-state index is 9.03. The number of aliphatic hydroxyl groups excluding tert-OH is 1. The average molecular weight is 301 g/mol. The van der Waals surface area contributed by atoms with Crippen LogP contribution in [0.15, 0.2) is 29.9 Å². The zero-order chi connectivity index (χ0) is 16.5. The summed E-state index contributed by atoms with van der Waals surface area (Å²) in [7, 11) is 0. The van der Waals surface area contributed by atoms with Crippen molar-refractivity contribution in [2.24, 2.45) is 5.11 Å². The first-order valence-corrected chi connectivity index (χ1v) is 6.73. The van der Waals surface area contributed by atoms with Gasteiger partial charge in [-0.3, -0.25) is 0 Å². The van der Waals surface area contributed by atoms with Crippen molar-refractivity contribution in [1.29, 1.82) is 0 Å². The maximum Gasteiger partial charge on any atom is 0.125 e. The third-order valence-electron chi connectivity index (χ3n) is 2.79. The van der Waals surface area contributed by atoms with Crippen molar-refractivity contribution in [2.45, 2.75) is 39.8 Å². The lowest BCUT2D eigenvalue weighted by Gasteiger charge is -2.02. The minimum Gasteiger partial charge on any atom is -0.389 e. The highest BCUT2D eigenvalue weighted by Gasteiger charge is 2.02. The van der Waals surface area contributed by atoms with Gasteiger partial charge in [-0.25, -0.2) is 19.9 Å². The molecule has 8 heteroatoms. The first-order chi connectivity index (χ1) is 10.4. The Hall–Kier alpha value is -2.57. The van der Waals surface area contributed by atoms with Crippen molar-refractivity contribution < 1.29 is 5.11 Å². The normalized spacial score (nSPS) is 12.4. The van der Waals surface area contributed by atoms with E-state index >= 15 is 0 Å². The number of hydrogen-bond donors (Lipinski definition) is 1. The van der Waals surface area contributed by atoms with E-state index in [0.717, 1.165) is 17.0 Å². The summed E-state index contributed by atoms with van der Waals surface area (Å²) in [5.74, 6) is 1.44. The van der Waals surface area contributed by atoms with E-state index in [1.807, 2.05) is 13.8 Å². The number of azide groups is 1. The zero-order valence-corrected chi connectivity index (χ0v) is 13.0. The number of hydrogen-bond acceptors (Lipinski definition) is 6. The van der Waals surface area contributed by atoms with Gasteiger partial charge in [0.2, 0.25) is 0 Å². The first kappa shape index (κ1) is 17.5. The van der Waals surface area contributed by atoms with Crippen LogP contribution in [0, 0.1) is 13.8 Å². The highest BCUT2D eigenvalue weighted by molar-refractivity contribution is 5.09. The Balaban J connectivity index is 0.000000224. The van der Waals surface area contributed by atoms with Crippen LogP contribution in [0.3, 0.4) is 0 Å². The summed E-state index contributed by atoms with van der Waals surface area (Å²) >= 11 is 0. The summed E-state index contributed by atoms with van der Waals surface area (Å²) in [5, 5.41) is 12.6. The maximum atomic E-state index is 9.03. The zero-order valence-electron chi connectivity index (χ0n) is 13.0. The predicted octanol–water partition coefficient (Wildman–Crippen LogP) is 2.99. The molecule has 2 rings (SSSR count). The van der Waals surface area contributed by atoms with E-state index in [9.17, 15) is 0 Å². The number of rotatable bonds is 3. The summed E-state index contributed by atoms with van der Waals surface area (Å²) in [6, 6.07) is -0.199. The molecule has 0 radical (unpaired) electrons. The van der Waals surface area contributed by atoms with E-state index in [2.05, 4.69) is 30.0 Å². The van der Waals surface area contributed by atoms with E-state index in [0.29, 0.717) is 5.82 Å². The molecule has 0 aliphatic carbocycles. The van der Waals surface area contributed by atoms with Gasteiger partial charge in [0.25, 0.3) is 0 Å². The summed E-state index contributed by atoms with van der Waals surface area (Å²) in [6.45, 7) is 7.11. The third-order valence-corrected chi connectivity index (χ3v) is 2.79. The van der Waals surface area contributed by atoms with Crippen LogP contribution in [-0.4, -0.2) is 25.0 Å². The molecule has 2 aromatic rings. The molecule has 0 saturated carbocycles. The minimum absolute atomic E-state index is 0.199. The molecule has 0 bridgehead atoms. The van der Waals surface area contributed by atoms with Crippen molar-refractivity contribution in [3.63, 3.8) is 0 Å². The lowest BCUT2D eigenvalue weighted by molar-refractivity contribution is 0.198. The first-order valence-electron chi connectivity index (χ1n) is 6.73. The lowest BCUT2D eigenvalue weighted by atomic mass is 10.2. The lowest BCUT2D eigenvalue weighted by Crippen LogP contribution is -1.94. The van der Waals surface area contributed by atoms with Crippen molar-refractivity contribution in [2.75, 3.05) is 0 Å². The van der Waals surface area contributed by atoms with Gasteiger partial charge in [-0.1, -0.05) is 12.0 Å². The van der Waals surface area contributed by atoms with Gasteiger partial charge < -0.3 is 5.11 Å². The fourth-order valence-electron chi connectivity index (χ4n) is 1.38. The molecule has 22 heavy (non-hydrogen) atoms. The summed E-state index contributed by atoms with van der Waals surface area (Å²) in [5.41, 5.74) is 9.76. The molecular formula is C14H19N7O. The minimum atomic E-state index is -0.472. The second kappa shape index (κ2) is 8.66. The van der Waals surface area contributed by atoms with E-state index in [1.54, 1.807) is 38.6 Å². The summed E-state index contributed by atoms with van der Waals surface area (Å²) in [4.78, 5) is 18.5. The molecule has 0 aliphatic rings. The Morgan fingerprint density at radius 2 is 1.36 bits per heavy atom. The van der Waals surface area contributed by atoms with Gasteiger partial charge in [0.1, 0.15) is 11.6 Å². The van der Waals surface area contributed by atoms with Crippen LogP contribution in [0.25, 0.3) is 10.4 Å². The van der Waals surface area contributed by atoms with Crippen LogP contribution in [-0.2, 0) is 0 Å². The monoisotopic (exact) mass is 301 g/mol. The molecule has 0 aliphatic heterocycles. The molecule has 2 unspecified atom stereocenters. The van der Waals surface area contributed by atoms with Crippen molar-refractivity contribution in [3.05, 3.63) is 58.0 Å². The molecule has 8 nitrogen and oxygen atoms in total. The van der Waals surface area contributed by atoms with Crippen molar-refractivity contribution in [3.8, 4) is 0 Å². The van der Waals surface area contributed by atoms with E-state index in [1.165, 1.54) is 0 Å². The average Bonchev–Trinajstić information content (AvgIpc) is 2.49. The molecule has 0 aromatic carbocycles. The third kappa shape index (κ3) is 5.82. The van der Waals surface area contributed by atoms with Gasteiger partial charge in [0.15, 0.2) is 0 Å². The molecule has 0 amide bonds. The number of aliphatic hydroxyl groups is 1. The van der Waals surface area contributed by atoms with Crippen LogP contribution in [0.4, 0.5) is 0 Å². The Morgan fingerprint density at radius 3 is 1.73 bits per heavy atom. The number of aromatic nitrogens is 4. The van der Waals surface area contributed by atoms with Gasteiger partial charge >= 0.3 is 0 Å². The number of nitrogens with zero attached hydrogens (tertiary/aromatic N) is 7. The van der Waals surface area contributed by atoms with Crippen LogP contribution >= 0.6 is 0 Å². The smallest absolute Gasteiger partial charge is 0.125 e. The van der Waals surface area contributed by atoms with E-state index < -0.39 is 6.10 Å². The fraction of sp³-hybridized carbons (Fsp3) is 0.429. The van der Waals surface area contributed by atoms with E-state index in [4.69, 9.17) is 10.6 Å². The van der Waals surface area contributed by atoms with Crippen LogP contribution in [0.1, 0.15) is 48.8 Å². The summed E-state index contributed by atoms with van der Waals surface area (Å²) < 4.78 is 0. The molecule has 0 fully saturated rings. The van der Waals surface area contributed by atoms with Crippen LogP contribution < -0.4 is 0 Å². The second-order valence-corrected chi connectivity index (χ2v) is 4.68. The SMILES string of the molecule is Cc1ncc(C(C)N=[N+]=[N-])cn1.Cc1ncc(C(C)O)cn1. The van der Waals surface area contributed by atoms with Crippen LogP contribution in [0.2, 0.25) is 0 Å². The topological polar surface area (TPSA) is 121 Å². The van der Waals surface area contributed by atoms with E-state index in [-0.39, 0.29) is 6.04 Å². The molecular weight excluding hydrogens is 282 g/mol. The standard InChI is InChI=1S/C7H9N5.C7H10N2O/c1-5(11-12-8)7-3-9-6(2)10-4-7;1-5(10)7-3-8-6(2)9-4-7/h3-5H,1-2H3;3-5,10H,1-2H3. The van der Waals surface area contributed by atoms with Gasteiger partial charge in [-0.05, 0) is 31.9 Å². The molecule has 0 spiro atoms. The summed E-state index contributed by atoms with van der Waals surface area (Å²) in [6.07, 6.45) is 6.13. The van der Waals surface area contributed by atoms with Crippen molar-refractivity contribution >= 4 is 0 Å². The molecule has 1 N–H and O–H groups in total. The molecule has 2 heterocycles. The Labute approximate surface area is 128 Å². The van der Waals surface area contributed by atoms with Gasteiger partial charge in [0, 0.05) is 35.3 Å². The Kier molecular flexibility index (Phi) is 6.88. The van der Waals surface area contributed by atoms with Gasteiger partial charge in [-0.2, -0.15) is 0 Å². The second-order valence-electron chi connectivity index (χ2n) is 4.68. The largest absolute Gasteiger partial charge is 0.389 e. The van der Waals surface area contributed by atoms with Gasteiger partial charge in [0.05, 0.1) is 12.1 Å². The predicted molar refractivity (Wildman–Crippen MR) is 81.7 cm³/mol. The highest BCUT2D eigenvalue weighted by atomic mass is 16.3. The quantitative estimate of drug-likeness (QED) is 0.530. The highest BCUT2D eigenvalue weighted by Crippen LogP contribution is 2.13. The van der Waals surface area contributed by atoms with Gasteiger partial charge in [-0.15, -0.1) is 0 Å². The van der Waals surface area contributed by atoms with Crippen LogP contribution in [0.5, 0.6) is 0 Å². The molecule has 2 atom stereocenters. The number of aryl methyl sites for hydroxylation is 2. The molecule has 0 saturated heterocycles. The Morgan fingerprint density at radius 1 is 0.955 bits per heavy atom. The van der Waals surface area contributed by atoms with Crippen molar-refractivity contribution in [1.82, 2.24) is 19.9 Å². The Bertz CT molecular complexity index is 619. The fourth-order valence-corrected chi connectivity index (χ4v) is 1.38. The molecule has 116 valence electrons. The molecule has 2 aromatic heterocycles.